The second-order valence-electron chi connectivity index (χ2n) is 8.79. The van der Waals surface area contributed by atoms with Crippen molar-refractivity contribution in [3.63, 3.8) is 0 Å². The van der Waals surface area contributed by atoms with Crippen molar-refractivity contribution in [3.8, 4) is 22.6 Å². The van der Waals surface area contributed by atoms with Gasteiger partial charge >= 0.3 is 5.97 Å². The van der Waals surface area contributed by atoms with Gasteiger partial charge in [0, 0.05) is 19.5 Å². The van der Waals surface area contributed by atoms with Gasteiger partial charge in [-0.1, -0.05) is 36.4 Å². The van der Waals surface area contributed by atoms with E-state index < -0.39 is 22.1 Å². The number of aliphatic hydroxyl groups is 1. The van der Waals surface area contributed by atoms with Crippen molar-refractivity contribution in [2.45, 2.75) is 25.9 Å². The number of benzene rings is 3. The van der Waals surface area contributed by atoms with Gasteiger partial charge in [0.05, 0.1) is 18.0 Å². The molecule has 0 aromatic heterocycles. The molecule has 0 aliphatic heterocycles. The van der Waals surface area contributed by atoms with Crippen molar-refractivity contribution in [1.82, 2.24) is 5.32 Å². The molecule has 0 aliphatic rings. The summed E-state index contributed by atoms with van der Waals surface area (Å²) in [6.45, 7) is 3.03. The molecule has 3 aromatic carbocycles. The van der Waals surface area contributed by atoms with Crippen molar-refractivity contribution in [2.75, 3.05) is 30.7 Å². The van der Waals surface area contributed by atoms with Gasteiger partial charge in [0.15, 0.2) is 0 Å². The van der Waals surface area contributed by atoms with Crippen molar-refractivity contribution in [1.29, 1.82) is 0 Å². The lowest BCUT2D eigenvalue weighted by Gasteiger charge is -2.15. The summed E-state index contributed by atoms with van der Waals surface area (Å²) < 4.78 is 31.0. The second-order valence-corrected chi connectivity index (χ2v) is 10.5. The lowest BCUT2D eigenvalue weighted by Crippen LogP contribution is -2.26. The smallest absolute Gasteiger partial charge is 0.303 e. The van der Waals surface area contributed by atoms with Gasteiger partial charge in [-0.25, -0.2) is 8.42 Å². The van der Waals surface area contributed by atoms with Crippen LogP contribution in [-0.2, 0) is 21.2 Å². The van der Waals surface area contributed by atoms with Gasteiger partial charge in [0.1, 0.15) is 18.1 Å². The number of carboxylic acids is 1. The number of carbonyl (C=O) groups is 1. The summed E-state index contributed by atoms with van der Waals surface area (Å²) in [5.41, 5.74) is 4.50. The first kappa shape index (κ1) is 28.0. The number of phenols is 1. The zero-order valence-electron chi connectivity index (χ0n) is 20.8. The number of aliphatic carboxylic acids is 1. The Labute approximate surface area is 216 Å². The first-order chi connectivity index (χ1) is 17.5. The van der Waals surface area contributed by atoms with E-state index in [1.807, 2.05) is 49.4 Å². The lowest BCUT2D eigenvalue weighted by atomic mass is 10.0. The number of hydrogen-bond donors (Lipinski definition) is 5. The van der Waals surface area contributed by atoms with Gasteiger partial charge < -0.3 is 25.4 Å². The molecule has 0 amide bonds. The molecule has 0 unspecified atom stereocenters. The summed E-state index contributed by atoms with van der Waals surface area (Å²) in [4.78, 5) is 10.7. The van der Waals surface area contributed by atoms with Crippen LogP contribution in [0.4, 0.5) is 5.69 Å². The third-order valence-electron chi connectivity index (χ3n) is 5.66. The van der Waals surface area contributed by atoms with Crippen molar-refractivity contribution in [3.05, 3.63) is 77.4 Å². The summed E-state index contributed by atoms with van der Waals surface area (Å²) in [5, 5.41) is 32.2. The SMILES string of the molecule is Cc1cc(-c2ccc(CCC(=O)O)cc2)ccc1OCCNC[C@@H](O)c1ccc(O)c(NS(C)(=O)=O)c1. The van der Waals surface area contributed by atoms with Crippen LogP contribution in [0.1, 0.15) is 29.2 Å². The van der Waals surface area contributed by atoms with Crippen LogP contribution in [-0.4, -0.2) is 55.7 Å². The van der Waals surface area contributed by atoms with Gasteiger partial charge in [0.2, 0.25) is 10.0 Å². The minimum absolute atomic E-state index is 0.00966. The molecule has 37 heavy (non-hydrogen) atoms. The molecule has 10 heteroatoms. The highest BCUT2D eigenvalue weighted by molar-refractivity contribution is 7.92. The maximum atomic E-state index is 11.4. The fourth-order valence-electron chi connectivity index (χ4n) is 3.74. The van der Waals surface area contributed by atoms with Crippen LogP contribution in [0.15, 0.2) is 60.7 Å². The predicted molar refractivity (Wildman–Crippen MR) is 142 cm³/mol. The predicted octanol–water partition coefficient (Wildman–Crippen LogP) is 3.46. The summed E-state index contributed by atoms with van der Waals surface area (Å²) in [7, 11) is -3.56. The molecule has 5 N–H and O–H groups in total. The summed E-state index contributed by atoms with van der Waals surface area (Å²) in [6.07, 6.45) is 0.690. The van der Waals surface area contributed by atoms with Crippen LogP contribution in [0.25, 0.3) is 11.1 Å². The number of phenolic OH excluding ortho intramolecular Hbond substituents is 1. The van der Waals surface area contributed by atoms with Crippen LogP contribution in [0, 0.1) is 6.92 Å². The van der Waals surface area contributed by atoms with E-state index in [-0.39, 0.29) is 24.4 Å². The molecule has 198 valence electrons. The molecule has 0 heterocycles. The van der Waals surface area contributed by atoms with E-state index in [0.717, 1.165) is 34.3 Å². The fourth-order valence-corrected chi connectivity index (χ4v) is 4.30. The van der Waals surface area contributed by atoms with Gasteiger partial charge in [-0.2, -0.15) is 0 Å². The van der Waals surface area contributed by atoms with Crippen LogP contribution >= 0.6 is 0 Å². The van der Waals surface area contributed by atoms with E-state index >= 15 is 0 Å². The summed E-state index contributed by atoms with van der Waals surface area (Å²) in [6, 6.07) is 18.0. The first-order valence-electron chi connectivity index (χ1n) is 11.8. The molecule has 0 spiro atoms. The number of rotatable bonds is 13. The number of aromatic hydroxyl groups is 1. The Bertz CT molecular complexity index is 1330. The number of hydrogen-bond acceptors (Lipinski definition) is 7. The Morgan fingerprint density at radius 1 is 1.03 bits per heavy atom. The van der Waals surface area contributed by atoms with Gasteiger partial charge in [-0.05, 0) is 65.4 Å². The standard InChI is InChI=1S/C27H32N2O7S/c1-18-15-21(20-6-3-19(4-7-20)5-12-27(32)33)9-11-26(18)36-14-13-28-17-25(31)22-8-10-24(30)23(16-22)29-37(2,34)35/h3-4,6-11,15-16,25,28-31H,5,12-14,17H2,1-2H3,(H,32,33)/t25-/m1/s1. The number of carboxylic acid groups (broad SMARTS) is 1. The zero-order chi connectivity index (χ0) is 27.0. The quantitative estimate of drug-likeness (QED) is 0.168. The lowest BCUT2D eigenvalue weighted by molar-refractivity contribution is -0.136. The molecule has 0 aliphatic carbocycles. The molecule has 0 radical (unpaired) electrons. The molecule has 0 saturated heterocycles. The second kappa shape index (κ2) is 12.6. The van der Waals surface area contributed by atoms with Crippen molar-refractivity contribution in [2.24, 2.45) is 0 Å². The molecule has 0 bridgehead atoms. The van der Waals surface area contributed by atoms with E-state index in [4.69, 9.17) is 9.84 Å². The van der Waals surface area contributed by atoms with E-state index in [9.17, 15) is 23.4 Å². The fraction of sp³-hybridized carbons (Fsp3) is 0.296. The number of nitrogens with one attached hydrogen (secondary N) is 2. The minimum atomic E-state index is -3.56. The van der Waals surface area contributed by atoms with Crippen molar-refractivity contribution >= 4 is 21.7 Å². The molecule has 3 rings (SSSR count). The molecular formula is C27H32N2O7S. The normalized spacial score (nSPS) is 12.2. The maximum absolute atomic E-state index is 11.4. The van der Waals surface area contributed by atoms with E-state index in [1.165, 1.54) is 18.2 Å². The summed E-state index contributed by atoms with van der Waals surface area (Å²) in [5.74, 6) is -0.284. The number of ether oxygens (including phenoxy) is 1. The van der Waals surface area contributed by atoms with Crippen LogP contribution in [0.2, 0.25) is 0 Å². The largest absolute Gasteiger partial charge is 0.506 e. The Kier molecular flexibility index (Phi) is 9.51. The molecule has 0 fully saturated rings. The Balaban J connectivity index is 1.47. The zero-order valence-corrected chi connectivity index (χ0v) is 21.6. The van der Waals surface area contributed by atoms with Crippen LogP contribution in [0.3, 0.4) is 0 Å². The number of anilines is 1. The minimum Gasteiger partial charge on any atom is -0.506 e. The average Bonchev–Trinajstić information content (AvgIpc) is 2.84. The number of sulfonamides is 1. The van der Waals surface area contributed by atoms with Crippen LogP contribution < -0.4 is 14.8 Å². The Morgan fingerprint density at radius 2 is 1.73 bits per heavy atom. The maximum Gasteiger partial charge on any atom is 0.303 e. The third kappa shape index (κ3) is 8.78. The van der Waals surface area contributed by atoms with Gasteiger partial charge in [-0.15, -0.1) is 0 Å². The van der Waals surface area contributed by atoms with Crippen LogP contribution in [0.5, 0.6) is 11.5 Å². The molecule has 0 saturated carbocycles. The van der Waals surface area contributed by atoms with E-state index in [0.29, 0.717) is 25.1 Å². The highest BCUT2D eigenvalue weighted by Crippen LogP contribution is 2.28. The highest BCUT2D eigenvalue weighted by atomic mass is 32.2. The van der Waals surface area contributed by atoms with Crippen molar-refractivity contribution < 1.29 is 33.3 Å². The number of aryl methyl sites for hydroxylation is 2. The average molecular weight is 529 g/mol. The molecule has 9 nitrogen and oxygen atoms in total. The first-order valence-corrected chi connectivity index (χ1v) is 13.6. The highest BCUT2D eigenvalue weighted by Gasteiger charge is 2.13. The molecule has 3 aromatic rings. The molecular weight excluding hydrogens is 496 g/mol. The van der Waals surface area contributed by atoms with Gasteiger partial charge in [-0.3, -0.25) is 9.52 Å². The Morgan fingerprint density at radius 3 is 2.38 bits per heavy atom. The Hall–Kier alpha value is -3.60. The topological polar surface area (TPSA) is 145 Å². The summed E-state index contributed by atoms with van der Waals surface area (Å²) >= 11 is 0. The number of aliphatic hydroxyl groups excluding tert-OH is 1. The molecule has 1 atom stereocenters. The third-order valence-corrected chi connectivity index (χ3v) is 6.26. The van der Waals surface area contributed by atoms with E-state index in [1.54, 1.807) is 0 Å². The van der Waals surface area contributed by atoms with Gasteiger partial charge in [0.25, 0.3) is 0 Å². The van der Waals surface area contributed by atoms with E-state index in [2.05, 4.69) is 10.0 Å². The monoisotopic (exact) mass is 528 g/mol.